The van der Waals surface area contributed by atoms with Crippen molar-refractivity contribution in [2.24, 2.45) is 0 Å². The van der Waals surface area contributed by atoms with Crippen molar-refractivity contribution in [2.75, 3.05) is 39.6 Å². The maximum atomic E-state index is 13.1. The van der Waals surface area contributed by atoms with E-state index >= 15 is 0 Å². The van der Waals surface area contributed by atoms with Crippen molar-refractivity contribution in [3.05, 3.63) is 0 Å². The number of esters is 4. The molecule has 0 amide bonds. The highest BCUT2D eigenvalue weighted by atomic mass is 31.2. The summed E-state index contributed by atoms with van der Waals surface area (Å²) in [7, 11) is -9.90. The molecular weight excluding hydrogens is 1270 g/mol. The minimum Gasteiger partial charge on any atom is -0.462 e. The number of aliphatic hydroxyl groups is 1. The third-order valence-electron chi connectivity index (χ3n) is 18.4. The first-order chi connectivity index (χ1) is 47.2. The van der Waals surface area contributed by atoms with Crippen LogP contribution in [0.4, 0.5) is 0 Å². The van der Waals surface area contributed by atoms with Gasteiger partial charge < -0.3 is 33.8 Å². The highest BCUT2D eigenvalue weighted by molar-refractivity contribution is 7.47. The van der Waals surface area contributed by atoms with Crippen molar-refractivity contribution in [3.63, 3.8) is 0 Å². The van der Waals surface area contributed by atoms with E-state index in [0.717, 1.165) is 96.3 Å². The third-order valence-corrected chi connectivity index (χ3v) is 20.3. The molecule has 0 rings (SSSR count). The summed E-state index contributed by atoms with van der Waals surface area (Å²) in [6, 6.07) is 0. The molecule has 0 spiro atoms. The molecule has 0 radical (unpaired) electrons. The summed E-state index contributed by atoms with van der Waals surface area (Å²) >= 11 is 0. The van der Waals surface area contributed by atoms with Gasteiger partial charge in [-0.2, -0.15) is 0 Å². The lowest BCUT2D eigenvalue weighted by Crippen LogP contribution is -2.30. The second-order valence-corrected chi connectivity index (χ2v) is 31.0. The fraction of sp³-hybridized carbons (Fsp3) is 0.949. The van der Waals surface area contributed by atoms with Crippen LogP contribution in [-0.4, -0.2) is 96.7 Å². The van der Waals surface area contributed by atoms with Crippen LogP contribution in [0, 0.1) is 0 Å². The minimum atomic E-state index is -4.96. The first-order valence-electron chi connectivity index (χ1n) is 40.8. The fourth-order valence-corrected chi connectivity index (χ4v) is 13.7. The molecule has 2 unspecified atom stereocenters. The van der Waals surface area contributed by atoms with Gasteiger partial charge in [-0.1, -0.05) is 368 Å². The Balaban J connectivity index is 5.06. The van der Waals surface area contributed by atoms with Crippen LogP contribution in [0.15, 0.2) is 0 Å². The van der Waals surface area contributed by atoms with Gasteiger partial charge in [-0.05, 0) is 25.7 Å². The van der Waals surface area contributed by atoms with Crippen molar-refractivity contribution in [3.8, 4) is 0 Å². The zero-order valence-electron chi connectivity index (χ0n) is 63.1. The first kappa shape index (κ1) is 95.1. The monoisotopic (exact) mass is 1420 g/mol. The average Bonchev–Trinajstić information content (AvgIpc) is 1.43. The van der Waals surface area contributed by atoms with Gasteiger partial charge in [0.15, 0.2) is 12.2 Å². The van der Waals surface area contributed by atoms with E-state index in [1.807, 2.05) is 0 Å². The Morgan fingerprint density at radius 3 is 0.608 bits per heavy atom. The van der Waals surface area contributed by atoms with Gasteiger partial charge in [-0.3, -0.25) is 37.3 Å². The molecule has 19 heteroatoms. The number of phosphoric acid groups is 2. The van der Waals surface area contributed by atoms with E-state index in [4.69, 9.17) is 37.0 Å². The predicted octanol–water partition coefficient (Wildman–Crippen LogP) is 23.4. The molecule has 0 saturated heterocycles. The number of aliphatic hydroxyl groups excluding tert-OH is 1. The van der Waals surface area contributed by atoms with Gasteiger partial charge in [0.1, 0.15) is 19.3 Å². The molecule has 17 nitrogen and oxygen atoms in total. The average molecular weight is 1420 g/mol. The van der Waals surface area contributed by atoms with Crippen LogP contribution in [0.1, 0.15) is 419 Å². The Bertz CT molecular complexity index is 1840. The minimum absolute atomic E-state index is 0.105. The number of carbonyl (C=O) groups excluding carboxylic acids is 4. The number of ether oxygens (including phenoxy) is 4. The molecule has 576 valence electrons. The number of carbonyl (C=O) groups is 4. The van der Waals surface area contributed by atoms with Gasteiger partial charge in [0.2, 0.25) is 0 Å². The smallest absolute Gasteiger partial charge is 0.462 e. The van der Waals surface area contributed by atoms with Crippen molar-refractivity contribution in [2.45, 2.75) is 438 Å². The Hall–Kier alpha value is -1.94. The van der Waals surface area contributed by atoms with Gasteiger partial charge in [0, 0.05) is 25.7 Å². The molecule has 0 bridgehead atoms. The summed E-state index contributed by atoms with van der Waals surface area (Å²) in [5.74, 6) is -2.13. The lowest BCUT2D eigenvalue weighted by atomic mass is 10.0. The van der Waals surface area contributed by atoms with Crippen molar-refractivity contribution >= 4 is 39.5 Å². The van der Waals surface area contributed by atoms with E-state index in [2.05, 4.69) is 27.7 Å². The highest BCUT2D eigenvalue weighted by Crippen LogP contribution is 2.45. The van der Waals surface area contributed by atoms with E-state index < -0.39 is 97.5 Å². The van der Waals surface area contributed by atoms with E-state index in [-0.39, 0.29) is 25.7 Å². The van der Waals surface area contributed by atoms with E-state index in [0.29, 0.717) is 25.7 Å². The normalized spacial score (nSPS) is 13.8. The highest BCUT2D eigenvalue weighted by Gasteiger charge is 2.30. The summed E-state index contributed by atoms with van der Waals surface area (Å²) in [4.78, 5) is 72.4. The summed E-state index contributed by atoms with van der Waals surface area (Å²) in [6.45, 7) is 4.88. The third kappa shape index (κ3) is 72.2. The number of rotatable bonds is 79. The standard InChI is InChI=1S/C78H152O17P2/c1-5-9-13-17-20-23-25-27-29-31-33-35-37-39-41-43-45-47-50-53-57-61-65-78(83)95-74(69-89-76(81)63-59-55-51-49-46-44-42-40-38-36-34-32-30-28-26-24-21-18-14-10-6-2)71-93-97(86,87)91-67-72(79)66-90-96(84,85)92-70-73(68-88-75(80)62-58-54-16-12-8-4)94-77(82)64-60-56-52-48-22-19-15-11-7-3/h72-74,79H,5-71H2,1-4H3,(H,84,85)(H,86,87)/t72-,73+,74+/m0/s1. The van der Waals surface area contributed by atoms with Gasteiger partial charge >= 0.3 is 39.5 Å². The molecular formula is C78H152O17P2. The van der Waals surface area contributed by atoms with Crippen LogP contribution in [0.5, 0.6) is 0 Å². The van der Waals surface area contributed by atoms with E-state index in [1.165, 1.54) is 244 Å². The molecule has 0 aromatic carbocycles. The summed E-state index contributed by atoms with van der Waals surface area (Å²) in [6.07, 6.45) is 64.7. The predicted molar refractivity (Wildman–Crippen MR) is 395 cm³/mol. The Labute approximate surface area is 594 Å². The number of hydrogen-bond donors (Lipinski definition) is 3. The second kappa shape index (κ2) is 72.4. The zero-order valence-corrected chi connectivity index (χ0v) is 64.8. The van der Waals surface area contributed by atoms with Crippen LogP contribution in [0.25, 0.3) is 0 Å². The van der Waals surface area contributed by atoms with Crippen LogP contribution in [0.2, 0.25) is 0 Å². The molecule has 97 heavy (non-hydrogen) atoms. The quantitative estimate of drug-likeness (QED) is 0.0222. The SMILES string of the molecule is CCCCCCCCCCCCCCCCCCCCCCCCC(=O)O[C@H](COC(=O)CCCCCCCCCCCCCCCCCCCCCCC)COP(=O)(O)OC[C@@H](O)COP(=O)(O)OC[C@@H](COC(=O)CCCCCCC)OC(=O)CCCCCCCCCCC. The summed E-state index contributed by atoms with van der Waals surface area (Å²) in [5, 5.41) is 10.6. The molecule has 5 atom stereocenters. The zero-order chi connectivity index (χ0) is 71.1. The van der Waals surface area contributed by atoms with E-state index in [9.17, 15) is 43.2 Å². The summed E-state index contributed by atoms with van der Waals surface area (Å²) < 4.78 is 68.2. The fourth-order valence-electron chi connectivity index (χ4n) is 12.1. The molecule has 0 aliphatic carbocycles. The maximum Gasteiger partial charge on any atom is 0.472 e. The van der Waals surface area contributed by atoms with Crippen LogP contribution >= 0.6 is 15.6 Å². The van der Waals surface area contributed by atoms with Crippen LogP contribution < -0.4 is 0 Å². The maximum absolute atomic E-state index is 13.1. The Kier molecular flexibility index (Phi) is 71.0. The lowest BCUT2D eigenvalue weighted by Gasteiger charge is -2.21. The summed E-state index contributed by atoms with van der Waals surface area (Å²) in [5.41, 5.74) is 0. The van der Waals surface area contributed by atoms with Crippen molar-refractivity contribution in [1.82, 2.24) is 0 Å². The molecule has 0 aromatic heterocycles. The molecule has 0 fully saturated rings. The van der Waals surface area contributed by atoms with Gasteiger partial charge in [0.25, 0.3) is 0 Å². The number of unbranched alkanes of at least 4 members (excludes halogenated alkanes) is 53. The van der Waals surface area contributed by atoms with E-state index in [1.54, 1.807) is 0 Å². The molecule has 0 aromatic rings. The largest absolute Gasteiger partial charge is 0.472 e. The number of phosphoric ester groups is 2. The topological polar surface area (TPSA) is 237 Å². The van der Waals surface area contributed by atoms with Gasteiger partial charge in [0.05, 0.1) is 26.4 Å². The van der Waals surface area contributed by atoms with Crippen molar-refractivity contribution < 1.29 is 80.2 Å². The molecule has 0 aliphatic heterocycles. The van der Waals surface area contributed by atoms with Gasteiger partial charge in [-0.15, -0.1) is 0 Å². The van der Waals surface area contributed by atoms with Crippen molar-refractivity contribution in [1.29, 1.82) is 0 Å². The van der Waals surface area contributed by atoms with Crippen LogP contribution in [0.3, 0.4) is 0 Å². The second-order valence-electron chi connectivity index (χ2n) is 28.1. The molecule has 3 N–H and O–H groups in total. The molecule has 0 saturated carbocycles. The lowest BCUT2D eigenvalue weighted by molar-refractivity contribution is -0.161. The Morgan fingerprint density at radius 1 is 0.247 bits per heavy atom. The van der Waals surface area contributed by atoms with Crippen LogP contribution in [-0.2, 0) is 65.4 Å². The molecule has 0 heterocycles. The Morgan fingerprint density at radius 2 is 0.412 bits per heavy atom. The number of hydrogen-bond acceptors (Lipinski definition) is 15. The molecule has 0 aliphatic rings. The first-order valence-corrected chi connectivity index (χ1v) is 43.8. The van der Waals surface area contributed by atoms with Gasteiger partial charge in [-0.25, -0.2) is 9.13 Å².